The van der Waals surface area contributed by atoms with Gasteiger partial charge >= 0.3 is 0 Å². The van der Waals surface area contributed by atoms with Crippen LogP contribution in [0.15, 0.2) is 18.2 Å². The molecular formula is C13H17FO2. The SMILES string of the molecule is CCCCOc1cc(C(=O)CC)ccc1F. The minimum absolute atomic E-state index is 0.000316. The molecule has 1 rings (SSSR count). The van der Waals surface area contributed by atoms with Crippen LogP contribution in [0.5, 0.6) is 5.75 Å². The number of benzene rings is 1. The van der Waals surface area contributed by atoms with E-state index in [9.17, 15) is 9.18 Å². The quantitative estimate of drug-likeness (QED) is 0.545. The number of halogens is 1. The molecule has 0 aliphatic rings. The predicted molar refractivity (Wildman–Crippen MR) is 61.4 cm³/mol. The zero-order chi connectivity index (χ0) is 12.0. The number of ether oxygens (including phenoxy) is 1. The molecule has 88 valence electrons. The second kappa shape index (κ2) is 6.26. The lowest BCUT2D eigenvalue weighted by molar-refractivity contribution is 0.0987. The third kappa shape index (κ3) is 3.33. The van der Waals surface area contributed by atoms with Gasteiger partial charge in [-0.2, -0.15) is 0 Å². The average molecular weight is 224 g/mol. The number of hydrogen-bond donors (Lipinski definition) is 0. The molecule has 0 atom stereocenters. The molecule has 0 bridgehead atoms. The van der Waals surface area contributed by atoms with Crippen LogP contribution in [-0.4, -0.2) is 12.4 Å². The maximum atomic E-state index is 13.3. The molecule has 0 fully saturated rings. The number of hydrogen-bond acceptors (Lipinski definition) is 2. The summed E-state index contributed by atoms with van der Waals surface area (Å²) in [6.07, 6.45) is 2.29. The van der Waals surface area contributed by atoms with Gasteiger partial charge in [0.25, 0.3) is 0 Å². The summed E-state index contributed by atoms with van der Waals surface area (Å²) in [5, 5.41) is 0. The zero-order valence-corrected chi connectivity index (χ0v) is 9.75. The second-order valence-electron chi connectivity index (χ2n) is 3.62. The molecule has 3 heteroatoms. The second-order valence-corrected chi connectivity index (χ2v) is 3.62. The molecule has 16 heavy (non-hydrogen) atoms. The molecule has 0 unspecified atom stereocenters. The summed E-state index contributed by atoms with van der Waals surface area (Å²) in [6, 6.07) is 4.26. The smallest absolute Gasteiger partial charge is 0.165 e. The van der Waals surface area contributed by atoms with E-state index in [1.165, 1.54) is 18.2 Å². The van der Waals surface area contributed by atoms with Crippen molar-refractivity contribution < 1.29 is 13.9 Å². The molecule has 0 aliphatic heterocycles. The Balaban J connectivity index is 2.78. The molecule has 0 saturated heterocycles. The average Bonchev–Trinajstić information content (AvgIpc) is 2.31. The number of rotatable bonds is 6. The van der Waals surface area contributed by atoms with E-state index in [0.29, 0.717) is 18.6 Å². The highest BCUT2D eigenvalue weighted by molar-refractivity contribution is 5.96. The Morgan fingerprint density at radius 3 is 2.75 bits per heavy atom. The maximum absolute atomic E-state index is 13.3. The minimum atomic E-state index is -0.413. The van der Waals surface area contributed by atoms with Gasteiger partial charge in [-0.05, 0) is 24.6 Å². The number of carbonyl (C=O) groups is 1. The summed E-state index contributed by atoms with van der Waals surface area (Å²) in [5.74, 6) is -0.239. The van der Waals surface area contributed by atoms with Gasteiger partial charge in [0.2, 0.25) is 0 Å². The lowest BCUT2D eigenvalue weighted by Gasteiger charge is -2.07. The molecule has 0 N–H and O–H groups in total. The maximum Gasteiger partial charge on any atom is 0.165 e. The van der Waals surface area contributed by atoms with Gasteiger partial charge in [-0.3, -0.25) is 4.79 Å². The lowest BCUT2D eigenvalue weighted by Crippen LogP contribution is -2.02. The van der Waals surface area contributed by atoms with Crippen LogP contribution in [0.3, 0.4) is 0 Å². The molecule has 2 nitrogen and oxygen atoms in total. The van der Waals surface area contributed by atoms with Gasteiger partial charge in [0.05, 0.1) is 6.61 Å². The molecule has 0 radical (unpaired) electrons. The van der Waals surface area contributed by atoms with Gasteiger partial charge < -0.3 is 4.74 Å². The van der Waals surface area contributed by atoms with Gasteiger partial charge in [0.1, 0.15) is 0 Å². The Bertz CT molecular complexity index is 361. The Kier molecular flexibility index (Phi) is 4.96. The molecule has 0 heterocycles. The van der Waals surface area contributed by atoms with Crippen LogP contribution in [0.2, 0.25) is 0 Å². The zero-order valence-electron chi connectivity index (χ0n) is 9.75. The normalized spacial score (nSPS) is 10.2. The Morgan fingerprint density at radius 1 is 1.38 bits per heavy atom. The van der Waals surface area contributed by atoms with Crippen LogP contribution in [0.1, 0.15) is 43.5 Å². The van der Waals surface area contributed by atoms with Gasteiger partial charge in [0.15, 0.2) is 17.3 Å². The third-order valence-corrected chi connectivity index (χ3v) is 2.33. The van der Waals surface area contributed by atoms with Crippen molar-refractivity contribution in [3.8, 4) is 5.75 Å². The Morgan fingerprint density at radius 2 is 2.12 bits per heavy atom. The lowest BCUT2D eigenvalue weighted by atomic mass is 10.1. The summed E-state index contributed by atoms with van der Waals surface area (Å²) in [6.45, 7) is 4.30. The molecular weight excluding hydrogens is 207 g/mol. The van der Waals surface area contributed by atoms with Crippen LogP contribution >= 0.6 is 0 Å². The Hall–Kier alpha value is -1.38. The summed E-state index contributed by atoms with van der Waals surface area (Å²) in [4.78, 5) is 11.4. The first-order valence-corrected chi connectivity index (χ1v) is 5.64. The van der Waals surface area contributed by atoms with E-state index >= 15 is 0 Å². The summed E-state index contributed by atoms with van der Waals surface area (Å²) in [5.41, 5.74) is 0.510. The van der Waals surface area contributed by atoms with Crippen molar-refractivity contribution in [2.24, 2.45) is 0 Å². The van der Waals surface area contributed by atoms with Crippen molar-refractivity contribution in [3.05, 3.63) is 29.6 Å². The predicted octanol–water partition coefficient (Wildman–Crippen LogP) is 3.60. The highest BCUT2D eigenvalue weighted by Gasteiger charge is 2.08. The van der Waals surface area contributed by atoms with Crippen molar-refractivity contribution in [3.63, 3.8) is 0 Å². The van der Waals surface area contributed by atoms with Crippen LogP contribution in [0.4, 0.5) is 4.39 Å². The van der Waals surface area contributed by atoms with Crippen LogP contribution < -0.4 is 4.74 Å². The van der Waals surface area contributed by atoms with E-state index < -0.39 is 5.82 Å². The highest BCUT2D eigenvalue weighted by Crippen LogP contribution is 2.20. The van der Waals surface area contributed by atoms with Gasteiger partial charge in [-0.25, -0.2) is 4.39 Å². The fraction of sp³-hybridized carbons (Fsp3) is 0.462. The fourth-order valence-corrected chi connectivity index (χ4v) is 1.32. The van der Waals surface area contributed by atoms with E-state index in [-0.39, 0.29) is 11.5 Å². The van der Waals surface area contributed by atoms with Crippen molar-refractivity contribution in [1.29, 1.82) is 0 Å². The number of ketones is 1. The fourth-order valence-electron chi connectivity index (χ4n) is 1.32. The van der Waals surface area contributed by atoms with Gasteiger partial charge in [0, 0.05) is 12.0 Å². The highest BCUT2D eigenvalue weighted by atomic mass is 19.1. The van der Waals surface area contributed by atoms with Crippen molar-refractivity contribution in [2.75, 3.05) is 6.61 Å². The van der Waals surface area contributed by atoms with E-state index in [2.05, 4.69) is 0 Å². The summed E-state index contributed by atoms with van der Waals surface area (Å²) >= 11 is 0. The number of carbonyl (C=O) groups excluding carboxylic acids is 1. The molecule has 1 aromatic carbocycles. The number of Topliss-reactive ketones (excluding diaryl/α,β-unsaturated/α-hetero) is 1. The monoisotopic (exact) mass is 224 g/mol. The van der Waals surface area contributed by atoms with E-state index in [1.807, 2.05) is 6.92 Å². The van der Waals surface area contributed by atoms with Gasteiger partial charge in [-0.1, -0.05) is 20.3 Å². The van der Waals surface area contributed by atoms with E-state index in [1.54, 1.807) is 6.92 Å². The topological polar surface area (TPSA) is 26.3 Å². The molecule has 0 amide bonds. The van der Waals surface area contributed by atoms with Crippen molar-refractivity contribution in [2.45, 2.75) is 33.1 Å². The molecule has 0 aliphatic carbocycles. The molecule has 1 aromatic rings. The van der Waals surface area contributed by atoms with E-state index in [0.717, 1.165) is 12.8 Å². The molecule has 0 saturated carbocycles. The Labute approximate surface area is 95.4 Å². The first-order valence-electron chi connectivity index (χ1n) is 5.64. The van der Waals surface area contributed by atoms with Crippen molar-refractivity contribution in [1.82, 2.24) is 0 Å². The standard InChI is InChI=1S/C13H17FO2/c1-3-5-8-16-13-9-10(12(15)4-2)6-7-11(13)14/h6-7,9H,3-5,8H2,1-2H3. The van der Waals surface area contributed by atoms with E-state index in [4.69, 9.17) is 4.74 Å². The van der Waals surface area contributed by atoms with Crippen molar-refractivity contribution >= 4 is 5.78 Å². The van der Waals surface area contributed by atoms with Crippen LogP contribution in [0, 0.1) is 5.82 Å². The molecule has 0 spiro atoms. The van der Waals surface area contributed by atoms with Gasteiger partial charge in [-0.15, -0.1) is 0 Å². The molecule has 0 aromatic heterocycles. The summed E-state index contributed by atoms with van der Waals surface area (Å²) in [7, 11) is 0. The third-order valence-electron chi connectivity index (χ3n) is 2.33. The first kappa shape index (κ1) is 12.7. The summed E-state index contributed by atoms with van der Waals surface area (Å²) < 4.78 is 18.6. The minimum Gasteiger partial charge on any atom is -0.490 e. The first-order chi connectivity index (χ1) is 7.69. The van der Waals surface area contributed by atoms with Crippen LogP contribution in [-0.2, 0) is 0 Å². The van der Waals surface area contributed by atoms with Crippen LogP contribution in [0.25, 0.3) is 0 Å². The largest absolute Gasteiger partial charge is 0.490 e. The number of unbranched alkanes of at least 4 members (excludes halogenated alkanes) is 1.